The fourth-order valence-corrected chi connectivity index (χ4v) is 1.02. The van der Waals surface area contributed by atoms with Crippen molar-refractivity contribution in [2.75, 3.05) is 0 Å². The molecule has 1 nitrogen and oxygen atoms in total. The second kappa shape index (κ2) is 3.78. The van der Waals surface area contributed by atoms with Gasteiger partial charge in [0.15, 0.2) is 0 Å². The molecule has 1 heteroatoms. The lowest BCUT2D eigenvalue weighted by Gasteiger charge is -2.29. The smallest absolute Gasteiger partial charge is 0.0123 e. The molecule has 0 saturated heterocycles. The Kier molecular flexibility index (Phi) is 3.77. The van der Waals surface area contributed by atoms with E-state index in [-0.39, 0.29) is 5.54 Å². The maximum atomic E-state index is 6.01. The van der Waals surface area contributed by atoms with Crippen LogP contribution in [0.25, 0.3) is 0 Å². The summed E-state index contributed by atoms with van der Waals surface area (Å²) in [6.45, 7) is 13.3. The summed E-state index contributed by atoms with van der Waals surface area (Å²) in [5.41, 5.74) is 6.43. The van der Waals surface area contributed by atoms with Crippen LogP contribution in [0, 0.1) is 11.3 Å². The third kappa shape index (κ3) is 5.59. The van der Waals surface area contributed by atoms with Crippen molar-refractivity contribution in [1.29, 1.82) is 0 Å². The van der Waals surface area contributed by atoms with Crippen LogP contribution in [-0.4, -0.2) is 5.54 Å². The quantitative estimate of drug-likeness (QED) is 0.693. The normalized spacial score (nSPS) is 16.2. The Balaban J connectivity index is 3.80. The Labute approximate surface area is 77.7 Å². The zero-order valence-corrected chi connectivity index (χ0v) is 9.57. The molecule has 0 spiro atoms. The van der Waals surface area contributed by atoms with Gasteiger partial charge in [0, 0.05) is 5.54 Å². The zero-order chi connectivity index (χ0) is 9.99. The minimum Gasteiger partial charge on any atom is -0.325 e. The molecule has 0 saturated carbocycles. The molecular weight excluding hydrogens is 146 g/mol. The Hall–Kier alpha value is -0.0400. The summed E-state index contributed by atoms with van der Waals surface area (Å²) >= 11 is 0. The zero-order valence-electron chi connectivity index (χ0n) is 9.57. The lowest BCUT2D eigenvalue weighted by atomic mass is 9.81. The van der Waals surface area contributed by atoms with Gasteiger partial charge in [-0.25, -0.2) is 0 Å². The molecule has 1 unspecified atom stereocenters. The summed E-state index contributed by atoms with van der Waals surface area (Å²) < 4.78 is 0. The first-order valence-corrected chi connectivity index (χ1v) is 4.92. The van der Waals surface area contributed by atoms with E-state index in [0.717, 1.165) is 0 Å². The lowest BCUT2D eigenvalue weighted by molar-refractivity contribution is 0.266. The molecule has 0 amide bonds. The molecule has 0 radical (unpaired) electrons. The molecule has 0 aromatic carbocycles. The Morgan fingerprint density at radius 2 is 1.50 bits per heavy atom. The predicted octanol–water partition coefficient (Wildman–Crippen LogP) is 3.19. The van der Waals surface area contributed by atoms with Crippen LogP contribution in [-0.2, 0) is 0 Å². The summed E-state index contributed by atoms with van der Waals surface area (Å²) in [4.78, 5) is 0. The van der Waals surface area contributed by atoms with Gasteiger partial charge in [0.1, 0.15) is 0 Å². The highest BCUT2D eigenvalue weighted by molar-refractivity contribution is 4.80. The van der Waals surface area contributed by atoms with E-state index >= 15 is 0 Å². The van der Waals surface area contributed by atoms with E-state index in [2.05, 4.69) is 41.5 Å². The van der Waals surface area contributed by atoms with Crippen molar-refractivity contribution < 1.29 is 0 Å². The monoisotopic (exact) mass is 171 g/mol. The molecule has 74 valence electrons. The SMILES string of the molecule is CC(CCC(C)(C)C)C(C)(C)N. The van der Waals surface area contributed by atoms with Crippen LogP contribution >= 0.6 is 0 Å². The molecule has 0 rings (SSSR count). The summed E-state index contributed by atoms with van der Waals surface area (Å²) in [6, 6.07) is 0. The average molecular weight is 171 g/mol. The van der Waals surface area contributed by atoms with Gasteiger partial charge in [-0.3, -0.25) is 0 Å². The van der Waals surface area contributed by atoms with Gasteiger partial charge in [0.05, 0.1) is 0 Å². The third-order valence-electron chi connectivity index (χ3n) is 2.60. The number of nitrogens with two attached hydrogens (primary N) is 1. The van der Waals surface area contributed by atoms with E-state index in [1.54, 1.807) is 0 Å². The topological polar surface area (TPSA) is 26.0 Å². The molecule has 0 aliphatic carbocycles. The van der Waals surface area contributed by atoms with Gasteiger partial charge in [-0.05, 0) is 38.0 Å². The highest BCUT2D eigenvalue weighted by Crippen LogP contribution is 2.27. The maximum absolute atomic E-state index is 6.01. The third-order valence-corrected chi connectivity index (χ3v) is 2.60. The van der Waals surface area contributed by atoms with E-state index in [1.165, 1.54) is 12.8 Å². The molecule has 0 aliphatic rings. The van der Waals surface area contributed by atoms with E-state index in [1.807, 2.05) is 0 Å². The van der Waals surface area contributed by atoms with Crippen LogP contribution in [0.4, 0.5) is 0 Å². The van der Waals surface area contributed by atoms with Crippen LogP contribution in [0.15, 0.2) is 0 Å². The molecule has 0 bridgehead atoms. The van der Waals surface area contributed by atoms with Crippen molar-refractivity contribution in [2.24, 2.45) is 17.1 Å². The predicted molar refractivity (Wildman–Crippen MR) is 56.1 cm³/mol. The Bertz CT molecular complexity index is 125. The minimum atomic E-state index is -0.0226. The summed E-state index contributed by atoms with van der Waals surface area (Å²) in [5, 5.41) is 0. The van der Waals surface area contributed by atoms with Gasteiger partial charge in [-0.1, -0.05) is 27.7 Å². The fourth-order valence-electron chi connectivity index (χ4n) is 1.02. The summed E-state index contributed by atoms with van der Waals surface area (Å²) in [7, 11) is 0. The van der Waals surface area contributed by atoms with E-state index in [0.29, 0.717) is 11.3 Å². The molecule has 0 fully saturated rings. The van der Waals surface area contributed by atoms with Gasteiger partial charge in [0.2, 0.25) is 0 Å². The first-order chi connectivity index (χ1) is 5.13. The number of hydrogen-bond acceptors (Lipinski definition) is 1. The molecule has 0 heterocycles. The van der Waals surface area contributed by atoms with Crippen LogP contribution in [0.3, 0.4) is 0 Å². The van der Waals surface area contributed by atoms with E-state index in [4.69, 9.17) is 5.73 Å². The Morgan fingerprint density at radius 1 is 1.08 bits per heavy atom. The van der Waals surface area contributed by atoms with Crippen molar-refractivity contribution >= 4 is 0 Å². The van der Waals surface area contributed by atoms with Crippen LogP contribution in [0.2, 0.25) is 0 Å². The van der Waals surface area contributed by atoms with E-state index < -0.39 is 0 Å². The van der Waals surface area contributed by atoms with Crippen LogP contribution in [0.1, 0.15) is 54.4 Å². The van der Waals surface area contributed by atoms with Crippen LogP contribution in [0.5, 0.6) is 0 Å². The summed E-state index contributed by atoms with van der Waals surface area (Å²) in [5.74, 6) is 0.608. The van der Waals surface area contributed by atoms with Crippen molar-refractivity contribution in [3.05, 3.63) is 0 Å². The van der Waals surface area contributed by atoms with Gasteiger partial charge in [0.25, 0.3) is 0 Å². The van der Waals surface area contributed by atoms with Gasteiger partial charge >= 0.3 is 0 Å². The second-order valence-electron chi connectivity index (χ2n) is 5.82. The molecule has 1 atom stereocenters. The second-order valence-corrected chi connectivity index (χ2v) is 5.82. The average Bonchev–Trinajstić information content (AvgIpc) is 1.78. The van der Waals surface area contributed by atoms with Gasteiger partial charge < -0.3 is 5.73 Å². The van der Waals surface area contributed by atoms with Gasteiger partial charge in [-0.2, -0.15) is 0 Å². The standard InChI is InChI=1S/C11H25N/c1-9(11(5,6)12)7-8-10(2,3)4/h9H,7-8,12H2,1-6H3. The molecule has 2 N–H and O–H groups in total. The molecule has 0 aliphatic heterocycles. The van der Waals surface area contributed by atoms with Crippen LogP contribution < -0.4 is 5.73 Å². The number of hydrogen-bond donors (Lipinski definition) is 1. The highest BCUT2D eigenvalue weighted by atomic mass is 14.7. The van der Waals surface area contributed by atoms with Crippen molar-refractivity contribution in [1.82, 2.24) is 0 Å². The summed E-state index contributed by atoms with van der Waals surface area (Å²) in [6.07, 6.45) is 2.49. The largest absolute Gasteiger partial charge is 0.325 e. The highest BCUT2D eigenvalue weighted by Gasteiger charge is 2.22. The maximum Gasteiger partial charge on any atom is 0.0123 e. The molecule has 0 aromatic rings. The fraction of sp³-hybridized carbons (Fsp3) is 1.00. The van der Waals surface area contributed by atoms with Crippen molar-refractivity contribution in [3.63, 3.8) is 0 Å². The van der Waals surface area contributed by atoms with Gasteiger partial charge in [-0.15, -0.1) is 0 Å². The molecule has 12 heavy (non-hydrogen) atoms. The molecular formula is C11H25N. The Morgan fingerprint density at radius 3 is 1.75 bits per heavy atom. The number of rotatable bonds is 3. The lowest BCUT2D eigenvalue weighted by Crippen LogP contribution is -2.39. The van der Waals surface area contributed by atoms with E-state index in [9.17, 15) is 0 Å². The minimum absolute atomic E-state index is 0.0226. The van der Waals surface area contributed by atoms with Crippen molar-refractivity contribution in [3.8, 4) is 0 Å². The van der Waals surface area contributed by atoms with Crippen molar-refractivity contribution in [2.45, 2.75) is 59.9 Å². The first-order valence-electron chi connectivity index (χ1n) is 4.92. The molecule has 0 aromatic heterocycles. The first kappa shape index (κ1) is 12.0.